The molecule has 0 aliphatic carbocycles. The molecule has 1 aromatic rings. The van der Waals surface area contributed by atoms with Gasteiger partial charge in [0, 0.05) is 49.7 Å². The Bertz CT molecular complexity index is 764. The molecule has 0 saturated heterocycles. The minimum Gasteiger partial charge on any atom is -0.423 e. The van der Waals surface area contributed by atoms with Crippen molar-refractivity contribution in [3.8, 4) is 5.75 Å². The number of hydrogen-bond acceptors (Lipinski definition) is 6. The zero-order chi connectivity index (χ0) is 23.8. The summed E-state index contributed by atoms with van der Waals surface area (Å²) in [5.41, 5.74) is 0.995. The molecule has 2 amide bonds. The highest BCUT2D eigenvalue weighted by molar-refractivity contribution is 6.60. The summed E-state index contributed by atoms with van der Waals surface area (Å²) in [7, 11) is -2.71. The van der Waals surface area contributed by atoms with Gasteiger partial charge in [0.1, 0.15) is 5.75 Å². The monoisotopic (exact) mass is 464 g/mol. The number of nitrogens with one attached hydrogen (secondary N) is 2. The smallest absolute Gasteiger partial charge is 0.423 e. The number of urea groups is 1. The summed E-state index contributed by atoms with van der Waals surface area (Å²) in [5.74, 6) is -0.0998. The topological polar surface area (TPSA) is 95.1 Å². The molecule has 0 aliphatic heterocycles. The van der Waals surface area contributed by atoms with Gasteiger partial charge in [0.25, 0.3) is 0 Å². The van der Waals surface area contributed by atoms with E-state index in [1.165, 1.54) is 0 Å². The third kappa shape index (κ3) is 10.2. The lowest BCUT2D eigenvalue weighted by molar-refractivity contribution is -0.130. The van der Waals surface area contributed by atoms with Crippen molar-refractivity contribution in [2.75, 3.05) is 31.7 Å². The van der Waals surface area contributed by atoms with Crippen molar-refractivity contribution >= 4 is 26.5 Å². The van der Waals surface area contributed by atoms with Crippen LogP contribution in [-0.4, -0.2) is 47.2 Å². The van der Waals surface area contributed by atoms with Crippen molar-refractivity contribution in [2.24, 2.45) is 0 Å². The number of esters is 1. The van der Waals surface area contributed by atoms with Gasteiger partial charge in [-0.25, -0.2) is 9.59 Å². The Kier molecular flexibility index (Phi) is 13.2. The van der Waals surface area contributed by atoms with Gasteiger partial charge in [-0.2, -0.15) is 0 Å². The highest BCUT2D eigenvalue weighted by atomic mass is 28.4. The second kappa shape index (κ2) is 15.4. The summed E-state index contributed by atoms with van der Waals surface area (Å²) in [6, 6.07) is 6.94. The summed E-state index contributed by atoms with van der Waals surface area (Å²) in [6.45, 7) is 11.3. The van der Waals surface area contributed by atoms with E-state index >= 15 is 0 Å². The molecule has 0 atom stereocenters. The second-order valence-electron chi connectivity index (χ2n) is 6.76. The molecule has 178 valence electrons. The number of benzene rings is 1. The summed E-state index contributed by atoms with van der Waals surface area (Å²) in [5, 5.41) is 5.56. The number of amides is 2. The molecule has 0 bridgehead atoms. The van der Waals surface area contributed by atoms with E-state index in [4.69, 9.17) is 18.0 Å². The van der Waals surface area contributed by atoms with Crippen LogP contribution in [0.4, 0.5) is 10.5 Å². The van der Waals surface area contributed by atoms with Gasteiger partial charge in [0.05, 0.1) is 0 Å². The van der Waals surface area contributed by atoms with Gasteiger partial charge >= 0.3 is 20.8 Å². The van der Waals surface area contributed by atoms with Gasteiger partial charge in [-0.3, -0.25) is 0 Å². The van der Waals surface area contributed by atoms with Gasteiger partial charge in [-0.05, 0) is 53.2 Å². The summed E-state index contributed by atoms with van der Waals surface area (Å²) in [4.78, 5) is 24.3. The number of ether oxygens (including phenoxy) is 1. The molecule has 0 aromatic heterocycles. The van der Waals surface area contributed by atoms with Gasteiger partial charge in [-0.1, -0.05) is 24.3 Å². The predicted octanol–water partition coefficient (Wildman–Crippen LogP) is 4.67. The van der Waals surface area contributed by atoms with E-state index in [1.54, 1.807) is 43.3 Å². The average molecular weight is 465 g/mol. The molecule has 9 heteroatoms. The lowest BCUT2D eigenvalue weighted by atomic mass is 10.2. The Morgan fingerprint density at radius 3 is 2.31 bits per heavy atom. The normalized spacial score (nSPS) is 12.1. The first-order valence-corrected chi connectivity index (χ1v) is 12.9. The molecule has 8 nitrogen and oxygen atoms in total. The van der Waals surface area contributed by atoms with Crippen molar-refractivity contribution in [1.29, 1.82) is 0 Å². The minimum absolute atomic E-state index is 0.349. The van der Waals surface area contributed by atoms with E-state index in [2.05, 4.69) is 10.6 Å². The molecule has 32 heavy (non-hydrogen) atoms. The van der Waals surface area contributed by atoms with Gasteiger partial charge in [-0.15, -0.1) is 0 Å². The predicted molar refractivity (Wildman–Crippen MR) is 128 cm³/mol. The maximum Gasteiger partial charge on any atom is 0.500 e. The first-order chi connectivity index (χ1) is 15.4. The molecule has 0 saturated carbocycles. The van der Waals surface area contributed by atoms with Gasteiger partial charge < -0.3 is 28.6 Å². The Hall–Kier alpha value is -2.46. The van der Waals surface area contributed by atoms with Crippen LogP contribution in [0.5, 0.6) is 5.75 Å². The zero-order valence-electron chi connectivity index (χ0n) is 19.7. The fourth-order valence-corrected chi connectivity index (χ4v) is 5.43. The number of carbonyl (C=O) groups is 2. The number of rotatable bonds is 14. The van der Waals surface area contributed by atoms with E-state index in [1.807, 2.05) is 33.8 Å². The lowest BCUT2D eigenvalue weighted by Crippen LogP contribution is -2.46. The highest BCUT2D eigenvalue weighted by Gasteiger charge is 2.39. The average Bonchev–Trinajstić information content (AvgIpc) is 2.76. The van der Waals surface area contributed by atoms with Crippen molar-refractivity contribution in [2.45, 2.75) is 47.1 Å². The summed E-state index contributed by atoms with van der Waals surface area (Å²) >= 11 is 0. The SMILES string of the molecule is C/C=C\C=C(/C)C(=O)Oc1cccc(NC(=O)NCCC[Si](OCC)(OCC)OCC)c1. The number of hydrogen-bond donors (Lipinski definition) is 2. The van der Waals surface area contributed by atoms with Crippen LogP contribution < -0.4 is 15.4 Å². The van der Waals surface area contributed by atoms with Crippen molar-refractivity contribution in [3.63, 3.8) is 0 Å². The Labute approximate surface area is 192 Å². The molecule has 1 rings (SSSR count). The number of anilines is 1. The summed E-state index contributed by atoms with van der Waals surface area (Å²) in [6.07, 6.45) is 5.93. The third-order valence-corrected chi connectivity index (χ3v) is 7.35. The summed E-state index contributed by atoms with van der Waals surface area (Å²) < 4.78 is 22.8. The molecule has 1 aromatic carbocycles. The van der Waals surface area contributed by atoms with E-state index < -0.39 is 14.8 Å². The first-order valence-electron chi connectivity index (χ1n) is 11.0. The largest absolute Gasteiger partial charge is 0.500 e. The highest BCUT2D eigenvalue weighted by Crippen LogP contribution is 2.19. The molecule has 2 N–H and O–H groups in total. The van der Waals surface area contributed by atoms with Crippen LogP contribution in [-0.2, 0) is 18.1 Å². The number of carbonyl (C=O) groups excluding carboxylic acids is 2. The fraction of sp³-hybridized carbons (Fsp3) is 0.478. The molecule has 0 unspecified atom stereocenters. The Morgan fingerprint density at radius 2 is 1.72 bits per heavy atom. The van der Waals surface area contributed by atoms with Crippen molar-refractivity contribution < 1.29 is 27.6 Å². The first kappa shape index (κ1) is 27.6. The van der Waals surface area contributed by atoms with Crippen LogP contribution in [0.2, 0.25) is 6.04 Å². The third-order valence-electron chi connectivity index (χ3n) is 4.20. The minimum atomic E-state index is -2.71. The van der Waals surface area contributed by atoms with Crippen molar-refractivity contribution in [1.82, 2.24) is 5.32 Å². The Balaban J connectivity index is 2.56. The van der Waals surface area contributed by atoms with Crippen molar-refractivity contribution in [3.05, 3.63) is 48.1 Å². The van der Waals surface area contributed by atoms with Gasteiger partial charge in [0.15, 0.2) is 0 Å². The van der Waals surface area contributed by atoms with Crippen LogP contribution in [0.15, 0.2) is 48.1 Å². The molecule has 0 heterocycles. The van der Waals surface area contributed by atoms with E-state index in [0.717, 1.165) is 0 Å². The maximum absolute atomic E-state index is 12.2. The van der Waals surface area contributed by atoms with E-state index in [9.17, 15) is 9.59 Å². The molecule has 0 spiro atoms. The second-order valence-corrected chi connectivity index (χ2v) is 9.49. The van der Waals surface area contributed by atoms with Crippen LogP contribution in [0.25, 0.3) is 0 Å². The molecule has 0 aliphatic rings. The maximum atomic E-state index is 12.2. The van der Waals surface area contributed by atoms with E-state index in [-0.39, 0.29) is 6.03 Å². The lowest BCUT2D eigenvalue weighted by Gasteiger charge is -2.28. The molecule has 0 fully saturated rings. The zero-order valence-corrected chi connectivity index (χ0v) is 20.7. The van der Waals surface area contributed by atoms with Crippen LogP contribution in [0, 0.1) is 0 Å². The molecular weight excluding hydrogens is 428 g/mol. The Morgan fingerprint density at radius 1 is 1.06 bits per heavy atom. The standard InChI is InChI=1S/C23H36N2O6Si/c1-6-10-13-19(5)22(26)31-21-15-11-14-20(18-21)25-23(27)24-16-12-17-32(28-7-2,29-8-3)30-9-4/h6,10-11,13-15,18H,7-9,12,16-17H2,1-5H3,(H2,24,25,27)/b10-6-,19-13+. The van der Waals surface area contributed by atoms with Gasteiger partial charge in [0.2, 0.25) is 0 Å². The van der Waals surface area contributed by atoms with Crippen LogP contribution in [0.3, 0.4) is 0 Å². The fourth-order valence-electron chi connectivity index (χ4n) is 2.82. The van der Waals surface area contributed by atoms with Crippen LogP contribution in [0.1, 0.15) is 41.0 Å². The molecular formula is C23H36N2O6Si. The van der Waals surface area contributed by atoms with Crippen LogP contribution >= 0.6 is 0 Å². The molecule has 0 radical (unpaired) electrons. The van der Waals surface area contributed by atoms with E-state index in [0.29, 0.717) is 55.8 Å². The number of allylic oxidation sites excluding steroid dienone is 3. The quantitative estimate of drug-likeness (QED) is 0.104.